The smallest absolute Gasteiger partial charge is 0.0960 e. The molecule has 2 aromatic rings. The number of hydrogen-bond donors (Lipinski definition) is 0. The van der Waals surface area contributed by atoms with Gasteiger partial charge in [0.1, 0.15) is 0 Å². The van der Waals surface area contributed by atoms with Crippen LogP contribution in [0.4, 0.5) is 0 Å². The fraction of sp³-hybridized carbons (Fsp3) is 0.300. The second-order valence-electron chi connectivity index (χ2n) is 3.21. The van der Waals surface area contributed by atoms with Crippen LogP contribution in [0.2, 0.25) is 0 Å². The number of fused-ring (bicyclic) bond motifs is 1. The lowest BCUT2D eigenvalue weighted by atomic mass is 10.1. The number of aromatic nitrogens is 1. The van der Waals surface area contributed by atoms with E-state index >= 15 is 0 Å². The maximum absolute atomic E-state index is 4.49. The molecule has 2 rings (SSSR count). The number of nitrogens with zero attached hydrogens (tertiary/aromatic N) is 1. The molecule has 0 radical (unpaired) electrons. The van der Waals surface area contributed by atoms with Crippen LogP contribution in [0.1, 0.15) is 16.1 Å². The van der Waals surface area contributed by atoms with E-state index in [2.05, 4.69) is 40.8 Å². The van der Waals surface area contributed by atoms with Gasteiger partial charge in [-0.05, 0) is 53.9 Å². The third-order valence-electron chi connectivity index (χ3n) is 2.24. The molecule has 1 aromatic heterocycles. The number of halogens is 1. The SMILES string of the molecule is Cc1nc2c(Br)c(C)c(C)cc2s1. The molecule has 0 unspecified atom stereocenters. The van der Waals surface area contributed by atoms with Crippen LogP contribution in [-0.2, 0) is 0 Å². The van der Waals surface area contributed by atoms with Crippen molar-refractivity contribution in [2.24, 2.45) is 0 Å². The number of thiazole rings is 1. The van der Waals surface area contributed by atoms with Gasteiger partial charge >= 0.3 is 0 Å². The molecule has 3 heteroatoms. The van der Waals surface area contributed by atoms with Crippen molar-refractivity contribution in [3.8, 4) is 0 Å². The van der Waals surface area contributed by atoms with E-state index in [9.17, 15) is 0 Å². The van der Waals surface area contributed by atoms with Crippen molar-refractivity contribution in [2.75, 3.05) is 0 Å². The van der Waals surface area contributed by atoms with Crippen molar-refractivity contribution >= 4 is 37.5 Å². The monoisotopic (exact) mass is 255 g/mol. The van der Waals surface area contributed by atoms with E-state index in [1.165, 1.54) is 15.8 Å². The fourth-order valence-corrected chi connectivity index (χ4v) is 3.03. The number of benzene rings is 1. The molecule has 13 heavy (non-hydrogen) atoms. The van der Waals surface area contributed by atoms with Crippen molar-refractivity contribution in [2.45, 2.75) is 20.8 Å². The number of hydrogen-bond acceptors (Lipinski definition) is 2. The maximum Gasteiger partial charge on any atom is 0.0960 e. The molecule has 1 heterocycles. The lowest BCUT2D eigenvalue weighted by Crippen LogP contribution is -1.83. The van der Waals surface area contributed by atoms with E-state index in [0.29, 0.717) is 0 Å². The molecule has 0 bridgehead atoms. The molecule has 0 saturated heterocycles. The zero-order chi connectivity index (χ0) is 9.59. The van der Waals surface area contributed by atoms with Gasteiger partial charge in [0.05, 0.1) is 15.2 Å². The lowest BCUT2D eigenvalue weighted by molar-refractivity contribution is 1.30. The predicted octanol–water partition coefficient (Wildman–Crippen LogP) is 3.98. The van der Waals surface area contributed by atoms with Gasteiger partial charge < -0.3 is 0 Å². The highest BCUT2D eigenvalue weighted by Crippen LogP contribution is 2.32. The minimum absolute atomic E-state index is 1.10. The first kappa shape index (κ1) is 9.16. The van der Waals surface area contributed by atoms with Gasteiger partial charge in [0.2, 0.25) is 0 Å². The standard InChI is InChI=1S/C10H10BrNS/c1-5-4-8-10(9(11)6(5)2)12-7(3)13-8/h4H,1-3H3. The Morgan fingerprint density at radius 2 is 2.00 bits per heavy atom. The summed E-state index contributed by atoms with van der Waals surface area (Å²) < 4.78 is 2.42. The van der Waals surface area contributed by atoms with Crippen LogP contribution in [0, 0.1) is 20.8 Å². The summed E-state index contributed by atoms with van der Waals surface area (Å²) >= 11 is 5.34. The van der Waals surface area contributed by atoms with E-state index in [0.717, 1.165) is 15.0 Å². The van der Waals surface area contributed by atoms with E-state index in [-0.39, 0.29) is 0 Å². The highest BCUT2D eigenvalue weighted by molar-refractivity contribution is 9.10. The van der Waals surface area contributed by atoms with Gasteiger partial charge in [-0.2, -0.15) is 0 Å². The van der Waals surface area contributed by atoms with Gasteiger partial charge in [-0.1, -0.05) is 0 Å². The van der Waals surface area contributed by atoms with Crippen LogP contribution in [0.15, 0.2) is 10.5 Å². The summed E-state index contributed by atoms with van der Waals surface area (Å²) in [5, 5.41) is 1.13. The summed E-state index contributed by atoms with van der Waals surface area (Å²) in [5.41, 5.74) is 3.71. The molecule has 1 aromatic carbocycles. The topological polar surface area (TPSA) is 12.9 Å². The summed E-state index contributed by atoms with van der Waals surface area (Å²) in [5.74, 6) is 0. The Labute approximate surface area is 89.9 Å². The van der Waals surface area contributed by atoms with Crippen molar-refractivity contribution in [1.82, 2.24) is 4.98 Å². The molecule has 0 atom stereocenters. The van der Waals surface area contributed by atoms with Gasteiger partial charge in [-0.25, -0.2) is 4.98 Å². The second kappa shape index (κ2) is 3.07. The second-order valence-corrected chi connectivity index (χ2v) is 5.24. The molecular formula is C10H10BrNS. The molecule has 1 nitrogen and oxygen atoms in total. The number of aryl methyl sites for hydroxylation is 2. The third-order valence-corrected chi connectivity index (χ3v) is 4.12. The van der Waals surface area contributed by atoms with Crippen molar-refractivity contribution in [3.63, 3.8) is 0 Å². The Balaban J connectivity index is 2.92. The van der Waals surface area contributed by atoms with Crippen LogP contribution >= 0.6 is 27.3 Å². The Morgan fingerprint density at radius 3 is 2.69 bits per heavy atom. The van der Waals surface area contributed by atoms with Crippen LogP contribution in [-0.4, -0.2) is 4.98 Å². The molecule has 0 fully saturated rings. The van der Waals surface area contributed by atoms with E-state index in [1.807, 2.05) is 6.92 Å². The zero-order valence-corrected chi connectivity index (χ0v) is 10.2. The first-order valence-electron chi connectivity index (χ1n) is 4.12. The first-order valence-corrected chi connectivity index (χ1v) is 5.73. The van der Waals surface area contributed by atoms with Gasteiger partial charge in [0, 0.05) is 4.47 Å². The lowest BCUT2D eigenvalue weighted by Gasteiger charge is -2.02. The normalized spacial score (nSPS) is 11.1. The average Bonchev–Trinajstić information content (AvgIpc) is 2.42. The molecular weight excluding hydrogens is 246 g/mol. The van der Waals surface area contributed by atoms with Gasteiger partial charge in [0.15, 0.2) is 0 Å². The summed E-state index contributed by atoms with van der Waals surface area (Å²) in [6.45, 7) is 6.30. The fourth-order valence-electron chi connectivity index (χ4n) is 1.35. The summed E-state index contributed by atoms with van der Waals surface area (Å²) in [4.78, 5) is 4.49. The largest absolute Gasteiger partial charge is 0.240 e. The quantitative estimate of drug-likeness (QED) is 0.694. The van der Waals surface area contributed by atoms with E-state index in [4.69, 9.17) is 0 Å². The molecule has 0 aliphatic carbocycles. The predicted molar refractivity (Wildman–Crippen MR) is 61.5 cm³/mol. The Kier molecular flexibility index (Phi) is 2.16. The molecule has 0 saturated carbocycles. The summed E-state index contributed by atoms with van der Waals surface area (Å²) in [7, 11) is 0. The Bertz CT molecular complexity index is 473. The first-order chi connectivity index (χ1) is 6.09. The van der Waals surface area contributed by atoms with E-state index in [1.54, 1.807) is 11.3 Å². The highest BCUT2D eigenvalue weighted by atomic mass is 79.9. The van der Waals surface area contributed by atoms with Crippen molar-refractivity contribution in [1.29, 1.82) is 0 Å². The molecule has 0 amide bonds. The molecule has 0 aliphatic rings. The molecule has 0 spiro atoms. The number of rotatable bonds is 0. The Hall–Kier alpha value is -0.410. The van der Waals surface area contributed by atoms with E-state index < -0.39 is 0 Å². The minimum atomic E-state index is 1.10. The van der Waals surface area contributed by atoms with Crippen molar-refractivity contribution in [3.05, 3.63) is 26.7 Å². The molecule has 68 valence electrons. The molecule has 0 aliphatic heterocycles. The van der Waals surface area contributed by atoms with Crippen LogP contribution < -0.4 is 0 Å². The zero-order valence-electron chi connectivity index (χ0n) is 7.81. The average molecular weight is 256 g/mol. The summed E-state index contributed by atoms with van der Waals surface area (Å²) in [6, 6.07) is 2.21. The van der Waals surface area contributed by atoms with Crippen LogP contribution in [0.3, 0.4) is 0 Å². The van der Waals surface area contributed by atoms with Crippen molar-refractivity contribution < 1.29 is 0 Å². The van der Waals surface area contributed by atoms with Gasteiger partial charge in [-0.15, -0.1) is 11.3 Å². The highest BCUT2D eigenvalue weighted by Gasteiger charge is 2.08. The molecule has 0 N–H and O–H groups in total. The minimum Gasteiger partial charge on any atom is -0.240 e. The third kappa shape index (κ3) is 1.40. The Morgan fingerprint density at radius 1 is 1.31 bits per heavy atom. The van der Waals surface area contributed by atoms with Crippen LogP contribution in [0.25, 0.3) is 10.2 Å². The summed E-state index contributed by atoms with van der Waals surface area (Å²) in [6.07, 6.45) is 0. The van der Waals surface area contributed by atoms with Gasteiger partial charge in [-0.3, -0.25) is 0 Å². The maximum atomic E-state index is 4.49. The van der Waals surface area contributed by atoms with Crippen LogP contribution in [0.5, 0.6) is 0 Å². The van der Waals surface area contributed by atoms with Gasteiger partial charge in [0.25, 0.3) is 0 Å².